The molecule has 0 unspecified atom stereocenters. The zero-order chi connectivity index (χ0) is 11.4. The molecular weight excluding hydrogens is 198 g/mol. The van der Waals surface area contributed by atoms with E-state index in [9.17, 15) is 14.9 Å². The highest BCUT2D eigenvalue weighted by atomic mass is 16.6. The first kappa shape index (κ1) is 11.1. The van der Waals surface area contributed by atoms with Crippen LogP contribution in [0, 0.1) is 10.1 Å². The van der Waals surface area contributed by atoms with Crippen molar-refractivity contribution in [1.82, 2.24) is 10.3 Å². The highest BCUT2D eigenvalue weighted by Crippen LogP contribution is 2.10. The second-order valence-corrected chi connectivity index (χ2v) is 3.32. The standard InChI is InChI=1S/C9H11N3O3/c1-6(2)11-9(13)7-3-8(12(14)15)5-10-4-7/h3-6H,1-2H3,(H,11,13). The van der Waals surface area contributed by atoms with Crippen molar-refractivity contribution < 1.29 is 9.72 Å². The van der Waals surface area contributed by atoms with Crippen LogP contribution in [0.3, 0.4) is 0 Å². The van der Waals surface area contributed by atoms with E-state index in [0.29, 0.717) is 0 Å². The second kappa shape index (κ2) is 4.50. The maximum absolute atomic E-state index is 11.5. The van der Waals surface area contributed by atoms with Gasteiger partial charge in [0.1, 0.15) is 6.20 Å². The lowest BCUT2D eigenvalue weighted by Gasteiger charge is -2.07. The molecule has 0 saturated heterocycles. The molecule has 0 aliphatic heterocycles. The van der Waals surface area contributed by atoms with Crippen molar-refractivity contribution >= 4 is 11.6 Å². The fraction of sp³-hybridized carbons (Fsp3) is 0.333. The third-order valence-electron chi connectivity index (χ3n) is 1.62. The van der Waals surface area contributed by atoms with E-state index in [4.69, 9.17) is 0 Å². The Balaban J connectivity index is 2.90. The normalized spacial score (nSPS) is 10.1. The minimum atomic E-state index is -0.584. The lowest BCUT2D eigenvalue weighted by Crippen LogP contribution is -2.30. The quantitative estimate of drug-likeness (QED) is 0.597. The minimum Gasteiger partial charge on any atom is -0.350 e. The van der Waals surface area contributed by atoms with Crippen molar-refractivity contribution in [2.45, 2.75) is 19.9 Å². The van der Waals surface area contributed by atoms with Gasteiger partial charge in [0.25, 0.3) is 11.6 Å². The molecular formula is C9H11N3O3. The minimum absolute atomic E-state index is 0.0169. The molecule has 1 rings (SSSR count). The molecule has 0 aliphatic rings. The van der Waals surface area contributed by atoms with Gasteiger partial charge in [0.2, 0.25) is 0 Å². The molecule has 1 N–H and O–H groups in total. The first-order chi connectivity index (χ1) is 7.00. The van der Waals surface area contributed by atoms with Crippen LogP contribution in [-0.2, 0) is 0 Å². The molecule has 0 aromatic carbocycles. The van der Waals surface area contributed by atoms with E-state index in [1.807, 2.05) is 13.8 Å². The number of amides is 1. The summed E-state index contributed by atoms with van der Waals surface area (Å²) in [6.07, 6.45) is 2.40. The summed E-state index contributed by atoms with van der Waals surface area (Å²) in [5, 5.41) is 13.1. The third-order valence-corrected chi connectivity index (χ3v) is 1.62. The van der Waals surface area contributed by atoms with Gasteiger partial charge < -0.3 is 5.32 Å². The van der Waals surface area contributed by atoms with Crippen LogP contribution < -0.4 is 5.32 Å². The van der Waals surface area contributed by atoms with Crippen molar-refractivity contribution in [1.29, 1.82) is 0 Å². The summed E-state index contributed by atoms with van der Waals surface area (Å²) in [5.74, 6) is -0.360. The van der Waals surface area contributed by atoms with Crippen molar-refractivity contribution in [3.63, 3.8) is 0 Å². The first-order valence-corrected chi connectivity index (χ1v) is 4.41. The Morgan fingerprint density at radius 1 is 1.53 bits per heavy atom. The van der Waals surface area contributed by atoms with Crippen molar-refractivity contribution in [2.75, 3.05) is 0 Å². The highest BCUT2D eigenvalue weighted by Gasteiger charge is 2.12. The fourth-order valence-electron chi connectivity index (χ4n) is 0.997. The van der Waals surface area contributed by atoms with Gasteiger partial charge in [-0.3, -0.25) is 19.9 Å². The van der Waals surface area contributed by atoms with E-state index in [1.165, 1.54) is 12.3 Å². The van der Waals surface area contributed by atoms with Gasteiger partial charge in [-0.25, -0.2) is 0 Å². The molecule has 6 heteroatoms. The maximum Gasteiger partial charge on any atom is 0.288 e. The van der Waals surface area contributed by atoms with Crippen LogP contribution in [-0.4, -0.2) is 21.9 Å². The van der Waals surface area contributed by atoms with Crippen LogP contribution >= 0.6 is 0 Å². The summed E-state index contributed by atoms with van der Waals surface area (Å²) in [4.78, 5) is 24.9. The second-order valence-electron chi connectivity index (χ2n) is 3.32. The molecule has 0 fully saturated rings. The highest BCUT2D eigenvalue weighted by molar-refractivity contribution is 5.94. The number of carbonyl (C=O) groups excluding carboxylic acids is 1. The summed E-state index contributed by atoms with van der Waals surface area (Å²) in [6, 6.07) is 1.18. The van der Waals surface area contributed by atoms with Gasteiger partial charge in [0.05, 0.1) is 10.5 Å². The lowest BCUT2D eigenvalue weighted by molar-refractivity contribution is -0.385. The fourth-order valence-corrected chi connectivity index (χ4v) is 0.997. The number of nitrogens with zero attached hydrogens (tertiary/aromatic N) is 2. The zero-order valence-corrected chi connectivity index (χ0v) is 8.43. The molecule has 15 heavy (non-hydrogen) atoms. The van der Waals surface area contributed by atoms with Crippen molar-refractivity contribution in [2.24, 2.45) is 0 Å². The summed E-state index contributed by atoms with van der Waals surface area (Å²) < 4.78 is 0. The largest absolute Gasteiger partial charge is 0.350 e. The van der Waals surface area contributed by atoms with Gasteiger partial charge in [0.15, 0.2) is 0 Å². The van der Waals surface area contributed by atoms with E-state index in [0.717, 1.165) is 6.20 Å². The summed E-state index contributed by atoms with van der Waals surface area (Å²) in [6.45, 7) is 3.62. The van der Waals surface area contributed by atoms with Gasteiger partial charge in [-0.1, -0.05) is 0 Å². The van der Waals surface area contributed by atoms with Crippen LogP contribution in [0.5, 0.6) is 0 Å². The Morgan fingerprint density at radius 2 is 2.20 bits per heavy atom. The van der Waals surface area contributed by atoms with Gasteiger partial charge in [-0.2, -0.15) is 0 Å². The Morgan fingerprint density at radius 3 is 2.73 bits per heavy atom. The maximum atomic E-state index is 11.5. The molecule has 1 aromatic rings. The van der Waals surface area contributed by atoms with E-state index < -0.39 is 4.92 Å². The number of hydrogen-bond acceptors (Lipinski definition) is 4. The lowest BCUT2D eigenvalue weighted by atomic mass is 10.2. The molecule has 0 aliphatic carbocycles. The molecule has 0 atom stereocenters. The number of aromatic nitrogens is 1. The SMILES string of the molecule is CC(C)NC(=O)c1cncc([N+](=O)[O-])c1. The van der Waals surface area contributed by atoms with E-state index in [2.05, 4.69) is 10.3 Å². The number of pyridine rings is 1. The zero-order valence-electron chi connectivity index (χ0n) is 8.43. The van der Waals surface area contributed by atoms with Crippen LogP contribution in [0.2, 0.25) is 0 Å². The Hall–Kier alpha value is -1.98. The Kier molecular flexibility index (Phi) is 3.33. The number of nitro groups is 1. The van der Waals surface area contributed by atoms with Crippen LogP contribution in [0.1, 0.15) is 24.2 Å². The monoisotopic (exact) mass is 209 g/mol. The number of nitrogens with one attached hydrogen (secondary N) is 1. The molecule has 0 radical (unpaired) electrons. The number of carbonyl (C=O) groups is 1. The Labute approximate surface area is 86.5 Å². The number of rotatable bonds is 3. The molecule has 0 spiro atoms. The molecule has 1 aromatic heterocycles. The third kappa shape index (κ3) is 3.01. The van der Waals surface area contributed by atoms with E-state index in [1.54, 1.807) is 0 Å². The predicted octanol–water partition coefficient (Wildman–Crippen LogP) is 1.13. The number of hydrogen-bond donors (Lipinski definition) is 1. The van der Waals surface area contributed by atoms with E-state index in [-0.39, 0.29) is 23.2 Å². The summed E-state index contributed by atoms with van der Waals surface area (Å²) in [7, 11) is 0. The first-order valence-electron chi connectivity index (χ1n) is 4.41. The average Bonchev–Trinajstić information content (AvgIpc) is 2.17. The molecule has 80 valence electrons. The molecule has 1 heterocycles. The van der Waals surface area contributed by atoms with Crippen molar-refractivity contribution in [3.05, 3.63) is 34.1 Å². The van der Waals surface area contributed by atoms with Gasteiger partial charge >= 0.3 is 0 Å². The summed E-state index contributed by atoms with van der Waals surface area (Å²) >= 11 is 0. The predicted molar refractivity (Wildman–Crippen MR) is 53.5 cm³/mol. The molecule has 6 nitrogen and oxygen atoms in total. The van der Waals surface area contributed by atoms with E-state index >= 15 is 0 Å². The smallest absolute Gasteiger partial charge is 0.288 e. The van der Waals surface area contributed by atoms with Gasteiger partial charge in [0, 0.05) is 18.3 Å². The van der Waals surface area contributed by atoms with Crippen LogP contribution in [0.25, 0.3) is 0 Å². The van der Waals surface area contributed by atoms with Gasteiger partial charge in [-0.05, 0) is 13.8 Å². The topological polar surface area (TPSA) is 85.1 Å². The Bertz CT molecular complexity index is 390. The van der Waals surface area contributed by atoms with Crippen molar-refractivity contribution in [3.8, 4) is 0 Å². The van der Waals surface area contributed by atoms with Crippen LogP contribution in [0.4, 0.5) is 5.69 Å². The molecule has 0 saturated carbocycles. The van der Waals surface area contributed by atoms with Gasteiger partial charge in [-0.15, -0.1) is 0 Å². The molecule has 1 amide bonds. The molecule has 0 bridgehead atoms. The average molecular weight is 209 g/mol. The van der Waals surface area contributed by atoms with Crippen LogP contribution in [0.15, 0.2) is 18.5 Å². The summed E-state index contributed by atoms with van der Waals surface area (Å²) in [5.41, 5.74) is 0.00399.